The summed E-state index contributed by atoms with van der Waals surface area (Å²) in [6.45, 7) is 6.23. The fourth-order valence-electron chi connectivity index (χ4n) is 1.47. The van der Waals surface area contributed by atoms with Gasteiger partial charge >= 0.3 is 5.97 Å². The number of amides is 1. The summed E-state index contributed by atoms with van der Waals surface area (Å²) in [5.41, 5.74) is 1.03. The van der Waals surface area contributed by atoms with Gasteiger partial charge < -0.3 is 10.4 Å². The lowest BCUT2D eigenvalue weighted by atomic mass is 9.97. The predicted octanol–water partition coefficient (Wildman–Crippen LogP) is 2.29. The van der Waals surface area contributed by atoms with E-state index in [9.17, 15) is 9.59 Å². The highest BCUT2D eigenvalue weighted by atomic mass is 16.4. The molecule has 18 heavy (non-hydrogen) atoms. The van der Waals surface area contributed by atoms with Gasteiger partial charge in [-0.2, -0.15) is 0 Å². The number of hydrogen-bond acceptors (Lipinski definition) is 2. The largest absolute Gasteiger partial charge is 0.478 e. The Morgan fingerprint density at radius 1 is 1.28 bits per heavy atom. The highest BCUT2D eigenvalue weighted by Gasteiger charge is 2.16. The maximum absolute atomic E-state index is 11.7. The van der Waals surface area contributed by atoms with E-state index in [-0.39, 0.29) is 23.3 Å². The first-order chi connectivity index (χ1) is 8.41. The van der Waals surface area contributed by atoms with Crippen molar-refractivity contribution in [3.63, 3.8) is 0 Å². The number of rotatable bonds is 5. The zero-order chi connectivity index (χ0) is 13.7. The van der Waals surface area contributed by atoms with Crippen molar-refractivity contribution in [3.8, 4) is 0 Å². The van der Waals surface area contributed by atoms with E-state index in [1.807, 2.05) is 20.8 Å². The van der Waals surface area contributed by atoms with Crippen molar-refractivity contribution in [2.24, 2.45) is 11.8 Å². The van der Waals surface area contributed by atoms with Gasteiger partial charge in [0.1, 0.15) is 0 Å². The standard InChI is InChI=1S/C14H19NO3/c1-9(2)10(3)13(16)15-8-11-5-4-6-12(7-11)14(17)18/h4-7,9-10H,8H2,1-3H3,(H,15,16)(H,17,18)/t10-/m1/s1. The first-order valence-electron chi connectivity index (χ1n) is 6.01. The van der Waals surface area contributed by atoms with Gasteiger partial charge in [-0.15, -0.1) is 0 Å². The molecule has 0 fully saturated rings. The van der Waals surface area contributed by atoms with Crippen LogP contribution in [0.5, 0.6) is 0 Å². The Balaban J connectivity index is 2.61. The molecule has 0 aliphatic carbocycles. The van der Waals surface area contributed by atoms with E-state index in [4.69, 9.17) is 5.11 Å². The average Bonchev–Trinajstić information content (AvgIpc) is 2.35. The molecule has 1 aromatic rings. The van der Waals surface area contributed by atoms with Gasteiger partial charge in [0.15, 0.2) is 0 Å². The minimum absolute atomic E-state index is 0.00859. The quantitative estimate of drug-likeness (QED) is 0.841. The van der Waals surface area contributed by atoms with Gasteiger partial charge in [-0.3, -0.25) is 4.79 Å². The van der Waals surface area contributed by atoms with E-state index in [0.717, 1.165) is 5.56 Å². The van der Waals surface area contributed by atoms with E-state index in [2.05, 4.69) is 5.32 Å². The third kappa shape index (κ3) is 3.87. The molecule has 0 heterocycles. The number of benzene rings is 1. The number of carbonyl (C=O) groups is 2. The molecule has 4 heteroatoms. The summed E-state index contributed by atoms with van der Waals surface area (Å²) < 4.78 is 0. The van der Waals surface area contributed by atoms with Crippen LogP contribution in [0.25, 0.3) is 0 Å². The molecule has 0 aromatic heterocycles. The number of aromatic carboxylic acids is 1. The third-order valence-corrected chi connectivity index (χ3v) is 3.05. The number of nitrogens with one attached hydrogen (secondary N) is 1. The Hall–Kier alpha value is -1.84. The lowest BCUT2D eigenvalue weighted by Crippen LogP contribution is -2.31. The average molecular weight is 249 g/mol. The second-order valence-corrected chi connectivity index (χ2v) is 4.76. The molecule has 1 atom stereocenters. The minimum Gasteiger partial charge on any atom is -0.478 e. The molecule has 1 aromatic carbocycles. The summed E-state index contributed by atoms with van der Waals surface area (Å²) in [4.78, 5) is 22.6. The Kier molecular flexibility index (Phi) is 4.89. The first kappa shape index (κ1) is 14.2. The SMILES string of the molecule is CC(C)[C@@H](C)C(=O)NCc1cccc(C(=O)O)c1. The van der Waals surface area contributed by atoms with Gasteiger partial charge in [0.25, 0.3) is 0 Å². The van der Waals surface area contributed by atoms with Gasteiger partial charge in [-0.25, -0.2) is 4.79 Å². The third-order valence-electron chi connectivity index (χ3n) is 3.05. The lowest BCUT2D eigenvalue weighted by molar-refractivity contribution is -0.125. The van der Waals surface area contributed by atoms with Gasteiger partial charge in [0.2, 0.25) is 5.91 Å². The van der Waals surface area contributed by atoms with Crippen molar-refractivity contribution < 1.29 is 14.7 Å². The Bertz CT molecular complexity index is 440. The molecular formula is C14H19NO3. The molecule has 0 aliphatic rings. The molecule has 98 valence electrons. The van der Waals surface area contributed by atoms with E-state index in [1.54, 1.807) is 18.2 Å². The van der Waals surface area contributed by atoms with Crippen LogP contribution >= 0.6 is 0 Å². The normalized spacial score (nSPS) is 12.2. The fourth-order valence-corrected chi connectivity index (χ4v) is 1.47. The van der Waals surface area contributed by atoms with Crippen molar-refractivity contribution in [1.82, 2.24) is 5.32 Å². The summed E-state index contributed by atoms with van der Waals surface area (Å²) in [6.07, 6.45) is 0. The molecule has 0 spiro atoms. The minimum atomic E-state index is -0.960. The van der Waals surface area contributed by atoms with Crippen molar-refractivity contribution in [2.45, 2.75) is 27.3 Å². The molecule has 0 aliphatic heterocycles. The van der Waals surface area contributed by atoms with E-state index in [0.29, 0.717) is 6.54 Å². The zero-order valence-electron chi connectivity index (χ0n) is 10.9. The second-order valence-electron chi connectivity index (χ2n) is 4.76. The Morgan fingerprint density at radius 3 is 2.50 bits per heavy atom. The maximum atomic E-state index is 11.7. The van der Waals surface area contributed by atoms with Gasteiger partial charge in [0.05, 0.1) is 5.56 Å². The van der Waals surface area contributed by atoms with Crippen LogP contribution < -0.4 is 5.32 Å². The zero-order valence-corrected chi connectivity index (χ0v) is 10.9. The molecule has 1 amide bonds. The molecule has 0 saturated heterocycles. The molecular weight excluding hydrogens is 230 g/mol. The highest BCUT2D eigenvalue weighted by Crippen LogP contribution is 2.10. The molecule has 0 saturated carbocycles. The van der Waals surface area contributed by atoms with Crippen LogP contribution in [0.15, 0.2) is 24.3 Å². The van der Waals surface area contributed by atoms with Crippen LogP contribution in [0.4, 0.5) is 0 Å². The summed E-state index contributed by atoms with van der Waals surface area (Å²) >= 11 is 0. The van der Waals surface area contributed by atoms with Crippen molar-refractivity contribution >= 4 is 11.9 Å². The fraction of sp³-hybridized carbons (Fsp3) is 0.429. The van der Waals surface area contributed by atoms with Crippen LogP contribution in [0.3, 0.4) is 0 Å². The number of carboxylic acids is 1. The summed E-state index contributed by atoms with van der Waals surface area (Å²) in [5, 5.41) is 11.7. The Labute approximate surface area is 107 Å². The molecule has 1 rings (SSSR count). The summed E-state index contributed by atoms with van der Waals surface area (Å²) in [6, 6.07) is 6.58. The maximum Gasteiger partial charge on any atom is 0.335 e. The number of carbonyl (C=O) groups excluding carboxylic acids is 1. The number of carboxylic acid groups (broad SMARTS) is 1. The van der Waals surface area contributed by atoms with E-state index < -0.39 is 5.97 Å². The summed E-state index contributed by atoms with van der Waals surface area (Å²) in [5.74, 6) is -0.729. The van der Waals surface area contributed by atoms with Crippen LogP contribution in [0.2, 0.25) is 0 Å². The van der Waals surface area contributed by atoms with Gasteiger partial charge in [0, 0.05) is 12.5 Å². The van der Waals surface area contributed by atoms with E-state index >= 15 is 0 Å². The van der Waals surface area contributed by atoms with Crippen LogP contribution in [0, 0.1) is 11.8 Å². The molecule has 0 bridgehead atoms. The van der Waals surface area contributed by atoms with Crippen LogP contribution in [-0.2, 0) is 11.3 Å². The van der Waals surface area contributed by atoms with E-state index in [1.165, 1.54) is 6.07 Å². The Morgan fingerprint density at radius 2 is 1.94 bits per heavy atom. The van der Waals surface area contributed by atoms with Crippen molar-refractivity contribution in [2.75, 3.05) is 0 Å². The van der Waals surface area contributed by atoms with Crippen LogP contribution in [-0.4, -0.2) is 17.0 Å². The monoisotopic (exact) mass is 249 g/mol. The molecule has 0 radical (unpaired) electrons. The molecule has 0 unspecified atom stereocenters. The second kappa shape index (κ2) is 6.19. The predicted molar refractivity (Wildman–Crippen MR) is 69.3 cm³/mol. The van der Waals surface area contributed by atoms with Crippen LogP contribution in [0.1, 0.15) is 36.7 Å². The summed E-state index contributed by atoms with van der Waals surface area (Å²) in [7, 11) is 0. The number of hydrogen-bond donors (Lipinski definition) is 2. The lowest BCUT2D eigenvalue weighted by Gasteiger charge is -2.15. The highest BCUT2D eigenvalue weighted by molar-refractivity contribution is 5.87. The van der Waals surface area contributed by atoms with Crippen molar-refractivity contribution in [1.29, 1.82) is 0 Å². The van der Waals surface area contributed by atoms with Gasteiger partial charge in [-0.1, -0.05) is 32.9 Å². The molecule has 2 N–H and O–H groups in total. The smallest absolute Gasteiger partial charge is 0.335 e. The topological polar surface area (TPSA) is 66.4 Å². The molecule has 4 nitrogen and oxygen atoms in total. The van der Waals surface area contributed by atoms with Gasteiger partial charge in [-0.05, 0) is 23.6 Å². The van der Waals surface area contributed by atoms with Crippen molar-refractivity contribution in [3.05, 3.63) is 35.4 Å². The first-order valence-corrected chi connectivity index (χ1v) is 6.01.